The molecule has 2 heteroatoms. The summed E-state index contributed by atoms with van der Waals surface area (Å²) < 4.78 is 1.34. The van der Waals surface area contributed by atoms with Crippen LogP contribution >= 0.6 is 11.3 Å². The van der Waals surface area contributed by atoms with Crippen LogP contribution in [0.4, 0.5) is 0 Å². The van der Waals surface area contributed by atoms with Crippen molar-refractivity contribution in [3.63, 3.8) is 0 Å². The van der Waals surface area contributed by atoms with Crippen LogP contribution in [0.5, 0.6) is 0 Å². The molecule has 1 N–H and O–H groups in total. The van der Waals surface area contributed by atoms with Gasteiger partial charge in [-0.3, -0.25) is 0 Å². The van der Waals surface area contributed by atoms with Gasteiger partial charge in [-0.25, -0.2) is 0 Å². The van der Waals surface area contributed by atoms with E-state index < -0.39 is 0 Å². The zero-order chi connectivity index (χ0) is 9.38. The number of thiophene rings is 1. The summed E-state index contributed by atoms with van der Waals surface area (Å²) in [5.41, 5.74) is 2.44. The van der Waals surface area contributed by atoms with Gasteiger partial charge in [0.05, 0.1) is 0 Å². The van der Waals surface area contributed by atoms with Crippen molar-refractivity contribution in [2.75, 3.05) is 0 Å². The summed E-state index contributed by atoms with van der Waals surface area (Å²) in [7, 11) is 0. The summed E-state index contributed by atoms with van der Waals surface area (Å²) in [6.07, 6.45) is 1.95. The van der Waals surface area contributed by atoms with Gasteiger partial charge in [-0.15, -0.1) is 11.3 Å². The van der Waals surface area contributed by atoms with Crippen LogP contribution in [-0.4, -0.2) is 4.98 Å². The molecule has 3 rings (SSSR count). The molecule has 0 aliphatic carbocycles. The largest absolute Gasteiger partial charge is 0.361 e. The van der Waals surface area contributed by atoms with Crippen LogP contribution < -0.4 is 0 Å². The van der Waals surface area contributed by atoms with E-state index in [0.29, 0.717) is 0 Å². The summed E-state index contributed by atoms with van der Waals surface area (Å²) in [5.74, 6) is 0. The summed E-state index contributed by atoms with van der Waals surface area (Å²) in [5, 5.41) is 3.45. The molecule has 68 valence electrons. The Labute approximate surface area is 86.0 Å². The maximum Gasteiger partial charge on any atom is 0.0454 e. The highest BCUT2D eigenvalue weighted by Gasteiger charge is 2.00. The first-order valence-corrected chi connectivity index (χ1v) is 5.42. The SMILES string of the molecule is c1c[nH]c(-c2ccc3ccsc3c2)c1. The molecular weight excluding hydrogens is 190 g/mol. The van der Waals surface area contributed by atoms with E-state index in [9.17, 15) is 0 Å². The van der Waals surface area contributed by atoms with E-state index in [0.717, 1.165) is 0 Å². The molecule has 0 saturated heterocycles. The highest BCUT2D eigenvalue weighted by Crippen LogP contribution is 2.26. The van der Waals surface area contributed by atoms with Gasteiger partial charge < -0.3 is 4.98 Å². The lowest BCUT2D eigenvalue weighted by Crippen LogP contribution is -1.75. The normalized spacial score (nSPS) is 10.9. The van der Waals surface area contributed by atoms with Gasteiger partial charge in [-0.1, -0.05) is 12.1 Å². The van der Waals surface area contributed by atoms with E-state index >= 15 is 0 Å². The van der Waals surface area contributed by atoms with Gasteiger partial charge in [-0.2, -0.15) is 0 Å². The predicted octanol–water partition coefficient (Wildman–Crippen LogP) is 3.90. The third-order valence-corrected chi connectivity index (χ3v) is 3.24. The number of rotatable bonds is 1. The summed E-state index contributed by atoms with van der Waals surface area (Å²) in [6, 6.07) is 12.8. The van der Waals surface area contributed by atoms with Crippen LogP contribution in [0.3, 0.4) is 0 Å². The van der Waals surface area contributed by atoms with E-state index in [4.69, 9.17) is 0 Å². The molecule has 0 spiro atoms. The van der Waals surface area contributed by atoms with Crippen molar-refractivity contribution >= 4 is 21.4 Å². The average molecular weight is 199 g/mol. The van der Waals surface area contributed by atoms with E-state index in [1.807, 2.05) is 12.3 Å². The average Bonchev–Trinajstić information content (AvgIpc) is 2.88. The highest BCUT2D eigenvalue weighted by atomic mass is 32.1. The standard InChI is InChI=1S/C12H9NS/c1-2-11(13-6-1)10-4-3-9-5-7-14-12(9)8-10/h1-8,13H. The summed E-state index contributed by atoms with van der Waals surface area (Å²) >= 11 is 1.78. The molecular formula is C12H9NS. The van der Waals surface area contributed by atoms with Crippen molar-refractivity contribution in [2.45, 2.75) is 0 Å². The highest BCUT2D eigenvalue weighted by molar-refractivity contribution is 7.17. The fourth-order valence-corrected chi connectivity index (χ4v) is 2.46. The Bertz CT molecular complexity index is 548. The van der Waals surface area contributed by atoms with Crippen molar-refractivity contribution in [1.29, 1.82) is 0 Å². The number of hydrogen-bond donors (Lipinski definition) is 1. The zero-order valence-corrected chi connectivity index (χ0v) is 8.34. The van der Waals surface area contributed by atoms with Crippen LogP contribution in [0.2, 0.25) is 0 Å². The second kappa shape index (κ2) is 3.00. The molecule has 0 unspecified atom stereocenters. The Hall–Kier alpha value is -1.54. The minimum Gasteiger partial charge on any atom is -0.361 e. The molecule has 0 atom stereocenters. The maximum absolute atomic E-state index is 3.21. The monoisotopic (exact) mass is 199 g/mol. The van der Waals surface area contributed by atoms with Crippen LogP contribution in [0, 0.1) is 0 Å². The van der Waals surface area contributed by atoms with Gasteiger partial charge in [0.25, 0.3) is 0 Å². The minimum atomic E-state index is 1.18. The molecule has 1 nitrogen and oxygen atoms in total. The van der Waals surface area contributed by atoms with E-state index in [-0.39, 0.29) is 0 Å². The summed E-state index contributed by atoms with van der Waals surface area (Å²) in [6.45, 7) is 0. The topological polar surface area (TPSA) is 15.8 Å². The lowest BCUT2D eigenvalue weighted by Gasteiger charge is -1.97. The Morgan fingerprint density at radius 1 is 1.07 bits per heavy atom. The fourth-order valence-electron chi connectivity index (χ4n) is 1.63. The van der Waals surface area contributed by atoms with Crippen molar-refractivity contribution in [1.82, 2.24) is 4.98 Å². The Kier molecular flexibility index (Phi) is 1.67. The van der Waals surface area contributed by atoms with E-state index in [1.165, 1.54) is 21.3 Å². The third kappa shape index (κ3) is 1.16. The van der Waals surface area contributed by atoms with Gasteiger partial charge >= 0.3 is 0 Å². The number of fused-ring (bicyclic) bond motifs is 1. The molecule has 0 amide bonds. The van der Waals surface area contributed by atoms with Gasteiger partial charge in [0.1, 0.15) is 0 Å². The zero-order valence-electron chi connectivity index (χ0n) is 7.53. The molecule has 1 aromatic carbocycles. The minimum absolute atomic E-state index is 1.18. The van der Waals surface area contributed by atoms with Gasteiger partial charge in [0.15, 0.2) is 0 Å². The summed E-state index contributed by atoms with van der Waals surface area (Å²) in [4.78, 5) is 3.21. The second-order valence-electron chi connectivity index (χ2n) is 3.26. The Morgan fingerprint density at radius 2 is 2.07 bits per heavy atom. The Balaban J connectivity index is 2.23. The molecule has 0 fully saturated rings. The quantitative estimate of drug-likeness (QED) is 0.612. The Morgan fingerprint density at radius 3 is 2.93 bits per heavy atom. The van der Waals surface area contributed by atoms with Gasteiger partial charge in [-0.05, 0) is 40.6 Å². The van der Waals surface area contributed by atoms with Gasteiger partial charge in [0.2, 0.25) is 0 Å². The maximum atomic E-state index is 3.21. The fraction of sp³-hybridized carbons (Fsp3) is 0. The van der Waals surface area contributed by atoms with Crippen molar-refractivity contribution in [2.24, 2.45) is 0 Å². The molecule has 2 heterocycles. The molecule has 3 aromatic rings. The van der Waals surface area contributed by atoms with Crippen molar-refractivity contribution in [3.8, 4) is 11.3 Å². The smallest absolute Gasteiger partial charge is 0.0454 e. The van der Waals surface area contributed by atoms with Crippen molar-refractivity contribution < 1.29 is 0 Å². The van der Waals surface area contributed by atoms with Crippen molar-refractivity contribution in [3.05, 3.63) is 48.0 Å². The predicted molar refractivity (Wildman–Crippen MR) is 61.6 cm³/mol. The first-order chi connectivity index (χ1) is 6.93. The van der Waals surface area contributed by atoms with Gasteiger partial charge in [0, 0.05) is 16.6 Å². The van der Waals surface area contributed by atoms with Crippen LogP contribution in [0.1, 0.15) is 0 Å². The van der Waals surface area contributed by atoms with Crippen LogP contribution in [0.15, 0.2) is 48.0 Å². The molecule has 0 saturated carbocycles. The molecule has 14 heavy (non-hydrogen) atoms. The second-order valence-corrected chi connectivity index (χ2v) is 4.20. The molecule has 0 radical (unpaired) electrons. The lowest BCUT2D eigenvalue weighted by atomic mass is 10.1. The number of hydrogen-bond acceptors (Lipinski definition) is 1. The molecule has 0 aliphatic rings. The number of H-pyrrole nitrogens is 1. The van der Waals surface area contributed by atoms with E-state index in [2.05, 4.69) is 40.7 Å². The number of aromatic nitrogens is 1. The molecule has 2 aromatic heterocycles. The third-order valence-electron chi connectivity index (χ3n) is 2.37. The van der Waals surface area contributed by atoms with E-state index in [1.54, 1.807) is 11.3 Å². The first kappa shape index (κ1) is 7.83. The van der Waals surface area contributed by atoms with Crippen LogP contribution in [0.25, 0.3) is 21.3 Å². The number of nitrogens with one attached hydrogen (secondary N) is 1. The number of benzene rings is 1. The first-order valence-electron chi connectivity index (χ1n) is 4.54. The molecule has 0 aliphatic heterocycles. The van der Waals surface area contributed by atoms with Crippen LogP contribution in [-0.2, 0) is 0 Å². The number of aromatic amines is 1. The lowest BCUT2D eigenvalue weighted by molar-refractivity contribution is 1.41. The molecule has 0 bridgehead atoms.